The summed E-state index contributed by atoms with van der Waals surface area (Å²) >= 11 is 0. The molecule has 0 heterocycles. The molecule has 0 aliphatic heterocycles. The summed E-state index contributed by atoms with van der Waals surface area (Å²) in [6, 6.07) is 8.76. The Labute approximate surface area is 101 Å². The van der Waals surface area contributed by atoms with Gasteiger partial charge in [0.1, 0.15) is 6.17 Å². The summed E-state index contributed by atoms with van der Waals surface area (Å²) in [4.78, 5) is 10.8. The number of aliphatic hydroxyl groups excluding tert-OH is 1. The van der Waals surface area contributed by atoms with Gasteiger partial charge in [0.2, 0.25) is 5.91 Å². The van der Waals surface area contributed by atoms with Crippen molar-refractivity contribution in [3.8, 4) is 0 Å². The second-order valence-electron chi connectivity index (χ2n) is 4.03. The van der Waals surface area contributed by atoms with Crippen molar-refractivity contribution < 1.29 is 14.3 Å². The van der Waals surface area contributed by atoms with Crippen molar-refractivity contribution in [1.29, 1.82) is 0 Å². The number of benzene rings is 1. The number of aryl methyl sites for hydroxylation is 1. The van der Waals surface area contributed by atoms with E-state index in [4.69, 9.17) is 5.11 Å². The molecule has 3 nitrogen and oxygen atoms in total. The van der Waals surface area contributed by atoms with Crippen LogP contribution >= 0.6 is 0 Å². The predicted octanol–water partition coefficient (Wildman–Crippen LogP) is 1.45. The molecule has 0 saturated heterocycles. The molecule has 0 aliphatic carbocycles. The van der Waals surface area contributed by atoms with Crippen molar-refractivity contribution in [1.82, 2.24) is 5.32 Å². The lowest BCUT2D eigenvalue weighted by Crippen LogP contribution is -2.43. The summed E-state index contributed by atoms with van der Waals surface area (Å²) < 4.78 is 13.7. The van der Waals surface area contributed by atoms with Gasteiger partial charge in [-0.15, -0.1) is 0 Å². The zero-order valence-corrected chi connectivity index (χ0v) is 9.90. The van der Waals surface area contributed by atoms with E-state index >= 15 is 0 Å². The van der Waals surface area contributed by atoms with Gasteiger partial charge in [0, 0.05) is 6.92 Å². The van der Waals surface area contributed by atoms with Crippen LogP contribution < -0.4 is 5.32 Å². The van der Waals surface area contributed by atoms with Gasteiger partial charge in [-0.2, -0.15) is 0 Å². The summed E-state index contributed by atoms with van der Waals surface area (Å²) in [6.07, 6.45) is -0.350. The Morgan fingerprint density at radius 3 is 2.59 bits per heavy atom. The standard InChI is InChI=1S/C13H18FNO2/c1-10(17)15-13(9-16)12(14)8-7-11-5-3-2-4-6-11/h2-6,12-13,16H,7-9H2,1H3,(H,15,17)/t12-,13-/m0/s1. The first-order valence-electron chi connectivity index (χ1n) is 5.69. The van der Waals surface area contributed by atoms with Gasteiger partial charge in [0.05, 0.1) is 12.6 Å². The van der Waals surface area contributed by atoms with Crippen LogP contribution in [0.2, 0.25) is 0 Å². The molecule has 2 N–H and O–H groups in total. The Morgan fingerprint density at radius 2 is 2.06 bits per heavy atom. The molecule has 0 bridgehead atoms. The van der Waals surface area contributed by atoms with E-state index in [9.17, 15) is 9.18 Å². The second-order valence-corrected chi connectivity index (χ2v) is 4.03. The average molecular weight is 239 g/mol. The van der Waals surface area contributed by atoms with Crippen LogP contribution in [0.1, 0.15) is 18.9 Å². The number of hydrogen-bond donors (Lipinski definition) is 2. The lowest BCUT2D eigenvalue weighted by Gasteiger charge is -2.19. The Kier molecular flexibility index (Phi) is 5.63. The van der Waals surface area contributed by atoms with Crippen molar-refractivity contribution in [3.63, 3.8) is 0 Å². The van der Waals surface area contributed by atoms with Crippen LogP contribution in [-0.4, -0.2) is 29.8 Å². The third-order valence-corrected chi connectivity index (χ3v) is 2.57. The second kappa shape index (κ2) is 7.01. The molecular weight excluding hydrogens is 221 g/mol. The SMILES string of the molecule is CC(=O)N[C@@H](CO)[C@@H](F)CCc1ccccc1. The fourth-order valence-electron chi connectivity index (χ4n) is 1.66. The van der Waals surface area contributed by atoms with Crippen LogP contribution in [-0.2, 0) is 11.2 Å². The smallest absolute Gasteiger partial charge is 0.217 e. The van der Waals surface area contributed by atoms with Crippen molar-refractivity contribution >= 4 is 5.91 Å². The third kappa shape index (κ3) is 4.95. The molecule has 1 aromatic rings. The van der Waals surface area contributed by atoms with E-state index in [0.717, 1.165) is 5.56 Å². The number of aliphatic hydroxyl groups is 1. The molecule has 0 aliphatic rings. The van der Waals surface area contributed by atoms with E-state index in [0.29, 0.717) is 6.42 Å². The highest BCUT2D eigenvalue weighted by Gasteiger charge is 2.20. The van der Waals surface area contributed by atoms with Crippen LogP contribution in [0.25, 0.3) is 0 Å². The number of alkyl halides is 1. The number of halogens is 1. The van der Waals surface area contributed by atoms with Crippen LogP contribution in [0.4, 0.5) is 4.39 Å². The summed E-state index contributed by atoms with van der Waals surface area (Å²) in [5.41, 5.74) is 1.05. The first-order chi connectivity index (χ1) is 8.13. The number of hydrogen-bond acceptors (Lipinski definition) is 2. The maximum Gasteiger partial charge on any atom is 0.217 e. The summed E-state index contributed by atoms with van der Waals surface area (Å²) in [5, 5.41) is 11.4. The van der Waals surface area contributed by atoms with Gasteiger partial charge >= 0.3 is 0 Å². The van der Waals surface area contributed by atoms with Gasteiger partial charge in [-0.3, -0.25) is 4.79 Å². The number of carbonyl (C=O) groups excluding carboxylic acids is 1. The van der Waals surface area contributed by atoms with Crippen LogP contribution in [0, 0.1) is 0 Å². The zero-order valence-electron chi connectivity index (χ0n) is 9.90. The van der Waals surface area contributed by atoms with E-state index in [-0.39, 0.29) is 18.9 Å². The van der Waals surface area contributed by atoms with E-state index in [1.165, 1.54) is 6.92 Å². The molecule has 0 radical (unpaired) electrons. The van der Waals surface area contributed by atoms with Gasteiger partial charge in [-0.1, -0.05) is 30.3 Å². The highest BCUT2D eigenvalue weighted by Crippen LogP contribution is 2.10. The lowest BCUT2D eigenvalue weighted by atomic mass is 10.0. The van der Waals surface area contributed by atoms with E-state index < -0.39 is 12.2 Å². The minimum atomic E-state index is -1.23. The maximum atomic E-state index is 13.7. The minimum Gasteiger partial charge on any atom is -0.394 e. The van der Waals surface area contributed by atoms with Crippen LogP contribution in [0.3, 0.4) is 0 Å². The Hall–Kier alpha value is -1.42. The van der Waals surface area contributed by atoms with E-state index in [1.54, 1.807) is 0 Å². The molecule has 0 spiro atoms. The zero-order chi connectivity index (χ0) is 12.7. The molecule has 0 saturated carbocycles. The number of nitrogens with one attached hydrogen (secondary N) is 1. The van der Waals surface area contributed by atoms with Crippen LogP contribution in [0.15, 0.2) is 30.3 Å². The summed E-state index contributed by atoms with van der Waals surface area (Å²) in [7, 11) is 0. The van der Waals surface area contributed by atoms with Gasteiger partial charge in [-0.05, 0) is 18.4 Å². The predicted molar refractivity (Wildman–Crippen MR) is 64.3 cm³/mol. The monoisotopic (exact) mass is 239 g/mol. The Bertz CT molecular complexity index is 343. The summed E-state index contributed by atoms with van der Waals surface area (Å²) in [5.74, 6) is -0.327. The molecule has 94 valence electrons. The minimum absolute atomic E-state index is 0.287. The first-order valence-corrected chi connectivity index (χ1v) is 5.69. The number of amides is 1. The van der Waals surface area contributed by atoms with Gasteiger partial charge in [0.15, 0.2) is 0 Å². The quantitative estimate of drug-likeness (QED) is 0.789. The molecule has 17 heavy (non-hydrogen) atoms. The van der Waals surface area contributed by atoms with Crippen molar-refractivity contribution in [2.24, 2.45) is 0 Å². The highest BCUT2D eigenvalue weighted by atomic mass is 19.1. The molecule has 0 fully saturated rings. The molecular formula is C13H18FNO2. The largest absolute Gasteiger partial charge is 0.394 e. The van der Waals surface area contributed by atoms with Crippen molar-refractivity contribution in [2.75, 3.05) is 6.61 Å². The number of carbonyl (C=O) groups is 1. The maximum absolute atomic E-state index is 13.7. The highest BCUT2D eigenvalue weighted by molar-refractivity contribution is 5.73. The average Bonchev–Trinajstić information content (AvgIpc) is 2.34. The van der Waals surface area contributed by atoms with E-state index in [2.05, 4.69) is 5.32 Å². The fraction of sp³-hybridized carbons (Fsp3) is 0.462. The van der Waals surface area contributed by atoms with Crippen molar-refractivity contribution in [2.45, 2.75) is 32.0 Å². The van der Waals surface area contributed by atoms with Gasteiger partial charge in [0.25, 0.3) is 0 Å². The van der Waals surface area contributed by atoms with E-state index in [1.807, 2.05) is 30.3 Å². The van der Waals surface area contributed by atoms with Crippen molar-refractivity contribution in [3.05, 3.63) is 35.9 Å². The molecule has 1 aromatic carbocycles. The molecule has 0 unspecified atom stereocenters. The normalized spacial score (nSPS) is 14.1. The molecule has 0 aromatic heterocycles. The Balaban J connectivity index is 2.42. The molecule has 1 amide bonds. The third-order valence-electron chi connectivity index (χ3n) is 2.57. The lowest BCUT2D eigenvalue weighted by molar-refractivity contribution is -0.120. The number of rotatable bonds is 6. The van der Waals surface area contributed by atoms with Gasteiger partial charge in [-0.25, -0.2) is 4.39 Å². The topological polar surface area (TPSA) is 49.3 Å². The summed E-state index contributed by atoms with van der Waals surface area (Å²) in [6.45, 7) is 0.933. The molecule has 4 heteroatoms. The van der Waals surface area contributed by atoms with Crippen LogP contribution in [0.5, 0.6) is 0 Å². The molecule has 2 atom stereocenters. The van der Waals surface area contributed by atoms with Gasteiger partial charge < -0.3 is 10.4 Å². The first kappa shape index (κ1) is 13.6. The fourth-order valence-corrected chi connectivity index (χ4v) is 1.66. The molecule has 1 rings (SSSR count). The Morgan fingerprint density at radius 1 is 1.41 bits per heavy atom.